The average Bonchev–Trinajstić information content (AvgIpc) is 3.35. The standard InChI is InChI=1S/C34H47N3O6S/c1-22-15-17-36(28(19-22)24-11-13-25(14-12-24)44(10,40)35-31(38)42-33(3,4)5)21-27-26-16-18-37(32(39)43-34(6,7)8)30(26)23(2)20-29(27)41-9/h11-14,16,18,20,22,28H,15,17,19,21H2,1-10H3. The van der Waals surface area contributed by atoms with E-state index < -0.39 is 33.1 Å². The summed E-state index contributed by atoms with van der Waals surface area (Å²) >= 11 is 0. The Bertz CT molecular complexity index is 1650. The molecular formula is C34H47N3O6S. The lowest BCUT2D eigenvalue weighted by molar-refractivity contribution is 0.0542. The summed E-state index contributed by atoms with van der Waals surface area (Å²) < 4.78 is 35.6. The Morgan fingerprint density at radius 3 is 2.25 bits per heavy atom. The summed E-state index contributed by atoms with van der Waals surface area (Å²) in [6.07, 6.45) is 4.00. The molecular weight excluding hydrogens is 578 g/mol. The first-order valence-electron chi connectivity index (χ1n) is 15.1. The van der Waals surface area contributed by atoms with E-state index in [9.17, 15) is 13.8 Å². The van der Waals surface area contributed by atoms with Gasteiger partial charge in [0.15, 0.2) is 0 Å². The number of aromatic nitrogens is 1. The van der Waals surface area contributed by atoms with Crippen molar-refractivity contribution in [3.63, 3.8) is 0 Å². The van der Waals surface area contributed by atoms with Gasteiger partial charge in [-0.25, -0.2) is 13.8 Å². The minimum Gasteiger partial charge on any atom is -0.496 e. The van der Waals surface area contributed by atoms with Crippen molar-refractivity contribution in [1.82, 2.24) is 9.47 Å². The van der Waals surface area contributed by atoms with Crippen molar-refractivity contribution < 1.29 is 28.0 Å². The molecule has 2 aromatic carbocycles. The van der Waals surface area contributed by atoms with Crippen molar-refractivity contribution in [3.8, 4) is 5.75 Å². The Morgan fingerprint density at radius 2 is 1.66 bits per heavy atom. The molecule has 240 valence electrons. The number of carbonyl (C=O) groups is 2. The lowest BCUT2D eigenvalue weighted by Crippen LogP contribution is -2.36. The van der Waals surface area contributed by atoms with E-state index in [2.05, 4.69) is 16.2 Å². The number of hydrogen-bond acceptors (Lipinski definition) is 7. The van der Waals surface area contributed by atoms with Crippen LogP contribution >= 0.6 is 0 Å². The number of nitrogens with zero attached hydrogens (tertiary/aromatic N) is 3. The predicted molar refractivity (Wildman–Crippen MR) is 174 cm³/mol. The van der Waals surface area contributed by atoms with Crippen molar-refractivity contribution in [2.24, 2.45) is 10.3 Å². The minimum atomic E-state index is -2.98. The maximum Gasteiger partial charge on any atom is 0.442 e. The fourth-order valence-corrected chi connectivity index (χ4v) is 6.79. The molecule has 3 unspecified atom stereocenters. The Labute approximate surface area is 262 Å². The Kier molecular flexibility index (Phi) is 9.57. The summed E-state index contributed by atoms with van der Waals surface area (Å²) in [7, 11) is -1.30. The molecule has 0 saturated carbocycles. The van der Waals surface area contributed by atoms with Gasteiger partial charge in [-0.15, -0.1) is 4.36 Å². The minimum absolute atomic E-state index is 0.109. The highest BCUT2D eigenvalue weighted by Gasteiger charge is 2.30. The molecule has 44 heavy (non-hydrogen) atoms. The van der Waals surface area contributed by atoms with E-state index in [1.54, 1.807) is 50.8 Å². The average molecular weight is 626 g/mol. The molecule has 1 fully saturated rings. The largest absolute Gasteiger partial charge is 0.496 e. The van der Waals surface area contributed by atoms with E-state index in [0.717, 1.165) is 52.7 Å². The summed E-state index contributed by atoms with van der Waals surface area (Å²) in [6, 6.07) is 11.6. The quantitative estimate of drug-likeness (QED) is 0.282. The second kappa shape index (κ2) is 12.6. The van der Waals surface area contributed by atoms with Gasteiger partial charge in [-0.05, 0) is 109 Å². The van der Waals surface area contributed by atoms with Crippen LogP contribution in [0.3, 0.4) is 0 Å². The SMILES string of the molecule is COc1cc(C)c2c(ccn2C(=O)OC(C)(C)C)c1CN1CCC(C)CC1c1ccc(S(C)(=O)=NC(=O)OC(C)(C)C)cc1. The third-order valence-corrected chi connectivity index (χ3v) is 9.37. The maximum atomic E-state index is 13.4. The number of aryl methyl sites for hydroxylation is 1. The Balaban J connectivity index is 1.67. The third kappa shape index (κ3) is 7.82. The number of amides is 1. The Hall–Kier alpha value is -3.37. The smallest absolute Gasteiger partial charge is 0.442 e. The van der Waals surface area contributed by atoms with Crippen LogP contribution < -0.4 is 4.74 Å². The molecule has 1 aliphatic heterocycles. The van der Waals surface area contributed by atoms with E-state index in [-0.39, 0.29) is 6.04 Å². The van der Waals surface area contributed by atoms with E-state index in [1.165, 1.54) is 6.26 Å². The third-order valence-electron chi connectivity index (χ3n) is 7.72. The molecule has 1 amide bonds. The van der Waals surface area contributed by atoms with E-state index >= 15 is 0 Å². The van der Waals surface area contributed by atoms with Crippen molar-refractivity contribution in [2.75, 3.05) is 19.9 Å². The molecule has 3 aromatic rings. The van der Waals surface area contributed by atoms with E-state index in [4.69, 9.17) is 14.2 Å². The summed E-state index contributed by atoms with van der Waals surface area (Å²) in [5.74, 6) is 1.31. The highest BCUT2D eigenvalue weighted by molar-refractivity contribution is 7.93. The summed E-state index contributed by atoms with van der Waals surface area (Å²) in [6.45, 7) is 16.6. The molecule has 1 aliphatic rings. The van der Waals surface area contributed by atoms with Crippen molar-refractivity contribution in [1.29, 1.82) is 0 Å². The number of benzene rings is 2. The van der Waals surface area contributed by atoms with Crippen LogP contribution in [0.25, 0.3) is 10.9 Å². The van der Waals surface area contributed by atoms with Crippen LogP contribution in [0, 0.1) is 12.8 Å². The number of likely N-dealkylation sites (tertiary alicyclic amines) is 1. The van der Waals surface area contributed by atoms with E-state index in [1.807, 2.05) is 52.0 Å². The second-order valence-corrected chi connectivity index (χ2v) is 16.1. The number of carbonyl (C=O) groups excluding carboxylic acids is 2. The zero-order valence-corrected chi connectivity index (χ0v) is 28.5. The van der Waals surface area contributed by atoms with Crippen LogP contribution in [-0.4, -0.2) is 57.0 Å². The van der Waals surface area contributed by atoms with Gasteiger partial charge in [-0.2, -0.15) is 0 Å². The molecule has 0 radical (unpaired) electrons. The van der Waals surface area contributed by atoms with Crippen LogP contribution in [0.4, 0.5) is 9.59 Å². The Morgan fingerprint density at radius 1 is 1.02 bits per heavy atom. The molecule has 1 saturated heterocycles. The molecule has 3 atom stereocenters. The molecule has 9 nitrogen and oxygen atoms in total. The van der Waals surface area contributed by atoms with Crippen LogP contribution in [0.1, 0.15) is 84.0 Å². The topological polar surface area (TPSA) is 99.4 Å². The first-order chi connectivity index (χ1) is 20.4. The van der Waals surface area contributed by atoms with Gasteiger partial charge in [0.05, 0.1) is 22.4 Å². The molecule has 10 heteroatoms. The van der Waals surface area contributed by atoms with Crippen LogP contribution in [0.2, 0.25) is 0 Å². The zero-order chi connectivity index (χ0) is 32.6. The van der Waals surface area contributed by atoms with Crippen molar-refractivity contribution in [3.05, 3.63) is 59.3 Å². The van der Waals surface area contributed by atoms with Crippen molar-refractivity contribution >= 4 is 32.8 Å². The normalized spacial score (nSPS) is 19.3. The van der Waals surface area contributed by atoms with Crippen LogP contribution in [0.5, 0.6) is 5.75 Å². The number of rotatable bonds is 5. The predicted octanol–water partition coefficient (Wildman–Crippen LogP) is 8.11. The number of hydrogen-bond donors (Lipinski definition) is 0. The number of fused-ring (bicyclic) bond motifs is 1. The fraction of sp³-hybridized carbons (Fsp3) is 0.529. The van der Waals surface area contributed by atoms with Crippen molar-refractivity contribution in [2.45, 2.75) is 96.9 Å². The van der Waals surface area contributed by atoms with E-state index in [0.29, 0.717) is 17.4 Å². The van der Waals surface area contributed by atoms with Gasteiger partial charge < -0.3 is 14.2 Å². The molecule has 0 N–H and O–H groups in total. The monoisotopic (exact) mass is 625 g/mol. The highest BCUT2D eigenvalue weighted by Crippen LogP contribution is 2.39. The van der Waals surface area contributed by atoms with Gasteiger partial charge in [0.2, 0.25) is 0 Å². The lowest BCUT2D eigenvalue weighted by Gasteiger charge is -2.39. The number of piperidine rings is 1. The fourth-order valence-electron chi connectivity index (χ4n) is 5.72. The summed E-state index contributed by atoms with van der Waals surface area (Å²) in [4.78, 5) is 28.3. The van der Waals surface area contributed by atoms with Gasteiger partial charge in [0.1, 0.15) is 17.0 Å². The number of methoxy groups -OCH3 is 1. The maximum absolute atomic E-state index is 13.4. The second-order valence-electron chi connectivity index (χ2n) is 13.9. The molecule has 0 bridgehead atoms. The number of ether oxygens (including phenoxy) is 3. The molecule has 1 aromatic heterocycles. The summed E-state index contributed by atoms with van der Waals surface area (Å²) in [5.41, 5.74) is 2.52. The van der Waals surface area contributed by atoms with Gasteiger partial charge in [0, 0.05) is 40.9 Å². The molecule has 0 aliphatic carbocycles. The molecule has 4 rings (SSSR count). The van der Waals surface area contributed by atoms with Crippen LogP contribution in [-0.2, 0) is 25.7 Å². The molecule has 2 heterocycles. The van der Waals surface area contributed by atoms with Gasteiger partial charge in [0.25, 0.3) is 0 Å². The van der Waals surface area contributed by atoms with Gasteiger partial charge in [-0.3, -0.25) is 9.47 Å². The first-order valence-corrected chi connectivity index (χ1v) is 17.0. The molecule has 0 spiro atoms. The highest BCUT2D eigenvalue weighted by atomic mass is 32.2. The van der Waals surface area contributed by atoms with Gasteiger partial charge >= 0.3 is 12.2 Å². The van der Waals surface area contributed by atoms with Gasteiger partial charge in [-0.1, -0.05) is 19.1 Å². The summed E-state index contributed by atoms with van der Waals surface area (Å²) in [5, 5.41) is 0.954. The first kappa shape index (κ1) is 33.5. The lowest BCUT2D eigenvalue weighted by atomic mass is 9.87. The zero-order valence-electron chi connectivity index (χ0n) is 27.7. The van der Waals surface area contributed by atoms with Crippen LogP contribution in [0.15, 0.2) is 51.9 Å².